The molecule has 5 rings (SSSR count). The number of thiazole rings is 1. The Labute approximate surface area is 239 Å². The molecule has 40 heavy (non-hydrogen) atoms. The molecule has 1 aromatic heterocycles. The fraction of sp³-hybridized carbons (Fsp3) is 0.179. The van der Waals surface area contributed by atoms with Gasteiger partial charge in [-0.15, -0.1) is 0 Å². The summed E-state index contributed by atoms with van der Waals surface area (Å²) in [6.45, 7) is 3.50. The van der Waals surface area contributed by atoms with E-state index in [4.69, 9.17) is 9.47 Å². The van der Waals surface area contributed by atoms with Crippen LogP contribution in [-0.2, 0) is 9.53 Å². The molecule has 0 unspecified atom stereocenters. The number of rotatable bonds is 6. The highest BCUT2D eigenvalue weighted by molar-refractivity contribution is 9.10. The third-order valence-electron chi connectivity index (χ3n) is 6.52. The van der Waals surface area contributed by atoms with Gasteiger partial charge < -0.3 is 14.6 Å². The van der Waals surface area contributed by atoms with E-state index in [1.54, 1.807) is 19.9 Å². The number of phenolic OH excluding ortho intramolecular Hbond substituents is 1. The van der Waals surface area contributed by atoms with E-state index in [0.29, 0.717) is 21.8 Å². The molecule has 0 saturated carbocycles. The monoisotopic (exact) mass is 623 g/mol. The number of hydrogen-bond acceptors (Lipinski definition) is 9. The number of carbonyl (C=O) groups is 1. The molecule has 0 fully saturated rings. The van der Waals surface area contributed by atoms with Gasteiger partial charge in [-0.3, -0.25) is 19.5 Å². The van der Waals surface area contributed by atoms with Crippen LogP contribution in [0.4, 0.5) is 5.69 Å². The van der Waals surface area contributed by atoms with Crippen LogP contribution in [-0.4, -0.2) is 34.3 Å². The molecule has 0 aliphatic carbocycles. The topological polar surface area (TPSA) is 133 Å². The second-order valence-electron chi connectivity index (χ2n) is 8.83. The molecule has 204 valence electrons. The van der Waals surface area contributed by atoms with Gasteiger partial charge in [-0.2, -0.15) is 0 Å². The maximum atomic E-state index is 14.0. The first-order chi connectivity index (χ1) is 19.2. The molecule has 1 aliphatic heterocycles. The van der Waals surface area contributed by atoms with Crippen molar-refractivity contribution < 1.29 is 24.3 Å². The van der Waals surface area contributed by atoms with Crippen LogP contribution < -0.4 is 19.6 Å². The summed E-state index contributed by atoms with van der Waals surface area (Å²) in [6.07, 6.45) is 1.37. The zero-order valence-corrected chi connectivity index (χ0v) is 23.9. The van der Waals surface area contributed by atoms with Crippen LogP contribution in [0.5, 0.6) is 11.5 Å². The first kappa shape index (κ1) is 27.3. The number of esters is 1. The van der Waals surface area contributed by atoms with Crippen molar-refractivity contribution in [2.45, 2.75) is 19.9 Å². The van der Waals surface area contributed by atoms with Gasteiger partial charge in [-0.1, -0.05) is 41.7 Å². The van der Waals surface area contributed by atoms with Crippen molar-refractivity contribution >= 4 is 55.8 Å². The number of allylic oxidation sites excluding steroid dienone is 1. The minimum atomic E-state index is -0.941. The highest BCUT2D eigenvalue weighted by Crippen LogP contribution is 2.40. The lowest BCUT2D eigenvalue weighted by atomic mass is 9.90. The quantitative estimate of drug-likeness (QED) is 0.192. The third kappa shape index (κ3) is 4.58. The molecule has 1 aliphatic rings. The maximum absolute atomic E-state index is 14.0. The molecule has 1 N–H and O–H groups in total. The fourth-order valence-electron chi connectivity index (χ4n) is 4.76. The van der Waals surface area contributed by atoms with Crippen molar-refractivity contribution in [2.24, 2.45) is 4.99 Å². The van der Waals surface area contributed by atoms with Crippen LogP contribution in [0.1, 0.15) is 31.0 Å². The number of aromatic hydroxyl groups is 1. The van der Waals surface area contributed by atoms with Gasteiger partial charge in [-0.05, 0) is 52.7 Å². The number of methoxy groups -OCH3 is 1. The van der Waals surface area contributed by atoms with Crippen LogP contribution in [0.2, 0.25) is 0 Å². The number of benzene rings is 3. The van der Waals surface area contributed by atoms with Gasteiger partial charge in [0.1, 0.15) is 17.5 Å². The number of phenols is 1. The summed E-state index contributed by atoms with van der Waals surface area (Å²) in [5.74, 6) is -0.402. The van der Waals surface area contributed by atoms with Crippen molar-refractivity contribution in [1.29, 1.82) is 0 Å². The normalized spacial score (nSPS) is 15.1. The number of hydrogen-bond donors (Lipinski definition) is 1. The van der Waals surface area contributed by atoms with Crippen molar-refractivity contribution in [3.8, 4) is 11.5 Å². The van der Waals surface area contributed by atoms with Crippen molar-refractivity contribution in [3.05, 3.63) is 105 Å². The number of ether oxygens (including phenoxy) is 2. The molecule has 4 aromatic rings. The van der Waals surface area contributed by atoms with Crippen molar-refractivity contribution in [1.82, 2.24) is 4.57 Å². The van der Waals surface area contributed by atoms with E-state index < -0.39 is 22.5 Å². The summed E-state index contributed by atoms with van der Waals surface area (Å²) in [5.41, 5.74) is 0.477. The van der Waals surface area contributed by atoms with Gasteiger partial charge in [0.2, 0.25) is 0 Å². The standard InChI is InChI=1S/C28H22BrN3O7S/c1-4-39-27(35)22-14(2)30-28-31(24(22)23-18-8-6-5-7-15(18)9-10-20(23)38-3)26(34)21(40-28)12-16-11-17(32(36)37)13-19(29)25(16)33/h5-13,24,33H,4H2,1-3H3/b21-12-/t24-/m1/s1. The van der Waals surface area contributed by atoms with E-state index in [1.165, 1.54) is 29.9 Å². The molecule has 3 aromatic carbocycles. The number of carbonyl (C=O) groups excluding carboxylic acids is 1. The molecule has 0 radical (unpaired) electrons. The summed E-state index contributed by atoms with van der Waals surface area (Å²) in [6, 6.07) is 12.7. The molecule has 2 heterocycles. The first-order valence-corrected chi connectivity index (χ1v) is 13.7. The predicted molar refractivity (Wildman–Crippen MR) is 153 cm³/mol. The Morgan fingerprint density at radius 2 is 2.02 bits per heavy atom. The van der Waals surface area contributed by atoms with Gasteiger partial charge in [0.25, 0.3) is 11.2 Å². The van der Waals surface area contributed by atoms with Crippen molar-refractivity contribution in [3.63, 3.8) is 0 Å². The molecule has 0 saturated heterocycles. The third-order valence-corrected chi connectivity index (χ3v) is 8.10. The second kappa shape index (κ2) is 10.7. The van der Waals surface area contributed by atoms with Crippen LogP contribution in [0.3, 0.4) is 0 Å². The summed E-state index contributed by atoms with van der Waals surface area (Å²) in [4.78, 5) is 43.0. The molecule has 1 atom stereocenters. The van der Waals surface area contributed by atoms with Crippen LogP contribution in [0, 0.1) is 10.1 Å². The van der Waals surface area contributed by atoms with E-state index in [0.717, 1.165) is 22.1 Å². The van der Waals surface area contributed by atoms with E-state index in [9.17, 15) is 24.8 Å². The van der Waals surface area contributed by atoms with Gasteiger partial charge in [0.15, 0.2) is 4.80 Å². The Balaban J connectivity index is 1.85. The van der Waals surface area contributed by atoms with Gasteiger partial charge in [-0.25, -0.2) is 9.79 Å². The Hall–Kier alpha value is -4.29. The molecule has 0 amide bonds. The van der Waals surface area contributed by atoms with E-state index >= 15 is 0 Å². The van der Waals surface area contributed by atoms with E-state index in [1.807, 2.05) is 30.3 Å². The number of halogens is 1. The minimum absolute atomic E-state index is 0.0759. The molecular weight excluding hydrogens is 602 g/mol. The zero-order valence-electron chi connectivity index (χ0n) is 21.5. The summed E-state index contributed by atoms with van der Waals surface area (Å²) >= 11 is 4.17. The average molecular weight is 624 g/mol. The number of non-ortho nitro benzene ring substituents is 1. The summed E-state index contributed by atoms with van der Waals surface area (Å²) in [5, 5.41) is 23.6. The lowest BCUT2D eigenvalue weighted by Gasteiger charge is -2.27. The van der Waals surface area contributed by atoms with Crippen molar-refractivity contribution in [2.75, 3.05) is 13.7 Å². The van der Waals surface area contributed by atoms with E-state index in [2.05, 4.69) is 20.9 Å². The number of aromatic nitrogens is 1. The maximum Gasteiger partial charge on any atom is 0.338 e. The van der Waals surface area contributed by atoms with Gasteiger partial charge >= 0.3 is 5.97 Å². The SMILES string of the molecule is CCOC(=O)C1=C(C)N=c2s/c(=C\c3cc([N+](=O)[O-])cc(Br)c3O)c(=O)n2[C@H]1c1c(OC)ccc2ccccc12. The average Bonchev–Trinajstić information content (AvgIpc) is 3.23. The fourth-order valence-corrected chi connectivity index (χ4v) is 6.26. The summed E-state index contributed by atoms with van der Waals surface area (Å²) in [7, 11) is 1.51. The number of nitrogens with zero attached hydrogens (tertiary/aromatic N) is 3. The Kier molecular flexibility index (Phi) is 7.30. The molecule has 12 heteroatoms. The summed E-state index contributed by atoms with van der Waals surface area (Å²) < 4.78 is 12.8. The largest absolute Gasteiger partial charge is 0.506 e. The molecular formula is C28H22BrN3O7S. The highest BCUT2D eigenvalue weighted by atomic mass is 79.9. The molecule has 10 nitrogen and oxygen atoms in total. The second-order valence-corrected chi connectivity index (χ2v) is 10.7. The minimum Gasteiger partial charge on any atom is -0.506 e. The first-order valence-electron chi connectivity index (χ1n) is 12.1. The van der Waals surface area contributed by atoms with Crippen LogP contribution in [0.15, 0.2) is 74.1 Å². The predicted octanol–water partition coefficient (Wildman–Crippen LogP) is 4.34. The van der Waals surface area contributed by atoms with E-state index in [-0.39, 0.29) is 38.2 Å². The molecule has 0 bridgehead atoms. The lowest BCUT2D eigenvalue weighted by Crippen LogP contribution is -2.40. The van der Waals surface area contributed by atoms with Crippen LogP contribution >= 0.6 is 27.3 Å². The molecule has 0 spiro atoms. The lowest BCUT2D eigenvalue weighted by molar-refractivity contribution is -0.385. The number of nitro benzene ring substituents is 1. The smallest absolute Gasteiger partial charge is 0.338 e. The number of nitro groups is 1. The Morgan fingerprint density at radius 3 is 2.73 bits per heavy atom. The Bertz CT molecular complexity index is 1930. The Morgan fingerprint density at radius 1 is 1.27 bits per heavy atom. The number of fused-ring (bicyclic) bond motifs is 2. The zero-order chi connectivity index (χ0) is 28.7. The van der Waals surface area contributed by atoms with Gasteiger partial charge in [0, 0.05) is 23.3 Å². The highest BCUT2D eigenvalue weighted by Gasteiger charge is 2.36. The van der Waals surface area contributed by atoms with Gasteiger partial charge in [0.05, 0.1) is 38.9 Å². The van der Waals surface area contributed by atoms with Crippen LogP contribution in [0.25, 0.3) is 16.8 Å².